The van der Waals surface area contributed by atoms with Gasteiger partial charge >= 0.3 is 11.9 Å². The summed E-state index contributed by atoms with van der Waals surface area (Å²) in [5.74, 6) is -5.48. The quantitative estimate of drug-likeness (QED) is 0.727. The number of hydrogen-bond donors (Lipinski definition) is 2. The summed E-state index contributed by atoms with van der Waals surface area (Å²) in [4.78, 5) is 11.3. The molecule has 1 heterocycles. The number of aliphatic hydroxyl groups is 1. The van der Waals surface area contributed by atoms with Crippen LogP contribution in [0.3, 0.4) is 0 Å². The first-order chi connectivity index (χ1) is 7.90. The molecule has 2 fully saturated rings. The SMILES string of the molecule is CCOC(=O)C(F)(F)C1(O)CCNC12CCC2. The van der Waals surface area contributed by atoms with Gasteiger partial charge in [0.15, 0.2) is 5.60 Å². The van der Waals surface area contributed by atoms with Gasteiger partial charge < -0.3 is 15.2 Å². The number of nitrogens with one attached hydrogen (secondary N) is 1. The molecule has 2 rings (SSSR count). The molecule has 0 radical (unpaired) electrons. The third-order valence-corrected chi connectivity index (χ3v) is 4.00. The predicted molar refractivity (Wildman–Crippen MR) is 55.7 cm³/mol. The van der Waals surface area contributed by atoms with Crippen molar-refractivity contribution in [3.05, 3.63) is 0 Å². The van der Waals surface area contributed by atoms with E-state index in [1.165, 1.54) is 6.92 Å². The van der Waals surface area contributed by atoms with E-state index in [4.69, 9.17) is 0 Å². The van der Waals surface area contributed by atoms with Crippen molar-refractivity contribution in [2.45, 2.75) is 49.7 Å². The van der Waals surface area contributed by atoms with Crippen LogP contribution < -0.4 is 5.32 Å². The molecule has 0 bridgehead atoms. The van der Waals surface area contributed by atoms with Gasteiger partial charge in [-0.05, 0) is 39.2 Å². The van der Waals surface area contributed by atoms with E-state index in [2.05, 4.69) is 10.1 Å². The van der Waals surface area contributed by atoms with Crippen molar-refractivity contribution in [3.8, 4) is 0 Å². The molecule has 2 N–H and O–H groups in total. The Kier molecular flexibility index (Phi) is 2.90. The van der Waals surface area contributed by atoms with E-state index in [0.29, 0.717) is 19.4 Å². The lowest BCUT2D eigenvalue weighted by atomic mass is 9.64. The molecule has 1 saturated carbocycles. The van der Waals surface area contributed by atoms with E-state index in [0.717, 1.165) is 6.42 Å². The smallest absolute Gasteiger partial charge is 0.380 e. The molecular formula is C11H17F2NO3. The van der Waals surface area contributed by atoms with E-state index in [1.54, 1.807) is 0 Å². The van der Waals surface area contributed by atoms with E-state index >= 15 is 0 Å². The first-order valence-electron chi connectivity index (χ1n) is 5.92. The molecule has 0 aromatic rings. The molecule has 1 spiro atoms. The Morgan fingerprint density at radius 2 is 2.12 bits per heavy atom. The molecule has 1 unspecified atom stereocenters. The van der Waals surface area contributed by atoms with Crippen LogP contribution in [0.1, 0.15) is 32.6 Å². The highest BCUT2D eigenvalue weighted by Crippen LogP contribution is 2.52. The highest BCUT2D eigenvalue weighted by molar-refractivity contribution is 5.80. The predicted octanol–water partition coefficient (Wildman–Crippen LogP) is 0.832. The highest BCUT2D eigenvalue weighted by atomic mass is 19.3. The van der Waals surface area contributed by atoms with Crippen LogP contribution in [0.5, 0.6) is 0 Å². The molecule has 1 aliphatic carbocycles. The van der Waals surface area contributed by atoms with E-state index in [9.17, 15) is 18.7 Å². The number of rotatable bonds is 3. The molecule has 1 saturated heterocycles. The largest absolute Gasteiger partial charge is 0.461 e. The van der Waals surface area contributed by atoms with Crippen molar-refractivity contribution >= 4 is 5.97 Å². The van der Waals surface area contributed by atoms with Gasteiger partial charge in [0.05, 0.1) is 12.1 Å². The van der Waals surface area contributed by atoms with Crippen LogP contribution in [0, 0.1) is 0 Å². The van der Waals surface area contributed by atoms with Crippen molar-refractivity contribution in [3.63, 3.8) is 0 Å². The standard InChI is InChI=1S/C11H17F2NO3/c1-2-17-8(15)11(12,13)10(16)6-7-14-9(10)4-3-5-9/h14,16H,2-7H2,1H3. The molecule has 0 aromatic heterocycles. The van der Waals surface area contributed by atoms with Gasteiger partial charge in [0, 0.05) is 0 Å². The van der Waals surface area contributed by atoms with Crippen LogP contribution in [0.2, 0.25) is 0 Å². The zero-order chi connectivity index (χ0) is 12.7. The van der Waals surface area contributed by atoms with Gasteiger partial charge in [-0.2, -0.15) is 8.78 Å². The molecule has 1 atom stereocenters. The maximum atomic E-state index is 14.0. The van der Waals surface area contributed by atoms with Crippen molar-refractivity contribution in [2.75, 3.05) is 13.2 Å². The van der Waals surface area contributed by atoms with Gasteiger partial charge in [-0.3, -0.25) is 0 Å². The average molecular weight is 249 g/mol. The van der Waals surface area contributed by atoms with Crippen molar-refractivity contribution in [1.29, 1.82) is 0 Å². The molecule has 0 aromatic carbocycles. The van der Waals surface area contributed by atoms with Crippen LogP contribution in [0.25, 0.3) is 0 Å². The first kappa shape index (κ1) is 12.7. The van der Waals surface area contributed by atoms with Gasteiger partial charge in [0.25, 0.3) is 0 Å². The highest BCUT2D eigenvalue weighted by Gasteiger charge is 2.72. The summed E-state index contributed by atoms with van der Waals surface area (Å²) in [6.07, 6.45) is 1.60. The molecule has 1 aliphatic heterocycles. The Morgan fingerprint density at radius 1 is 1.47 bits per heavy atom. The maximum Gasteiger partial charge on any atom is 0.380 e. The van der Waals surface area contributed by atoms with E-state index in [-0.39, 0.29) is 13.0 Å². The van der Waals surface area contributed by atoms with Gasteiger partial charge in [-0.25, -0.2) is 4.79 Å². The van der Waals surface area contributed by atoms with Crippen LogP contribution >= 0.6 is 0 Å². The van der Waals surface area contributed by atoms with Crippen LogP contribution in [-0.2, 0) is 9.53 Å². The number of alkyl halides is 2. The van der Waals surface area contributed by atoms with Gasteiger partial charge in [0.2, 0.25) is 0 Å². The Labute approximate surface area is 98.3 Å². The Bertz CT molecular complexity index is 331. The van der Waals surface area contributed by atoms with Crippen LogP contribution in [0.4, 0.5) is 8.78 Å². The third kappa shape index (κ3) is 1.50. The monoisotopic (exact) mass is 249 g/mol. The average Bonchev–Trinajstić information content (AvgIpc) is 2.57. The van der Waals surface area contributed by atoms with Crippen LogP contribution in [0.15, 0.2) is 0 Å². The summed E-state index contributed by atoms with van der Waals surface area (Å²) in [5, 5.41) is 13.2. The lowest BCUT2D eigenvalue weighted by Crippen LogP contribution is -2.70. The fraction of sp³-hybridized carbons (Fsp3) is 0.909. The number of esters is 1. The van der Waals surface area contributed by atoms with Gasteiger partial charge in [-0.1, -0.05) is 0 Å². The molecule has 98 valence electrons. The van der Waals surface area contributed by atoms with E-state index in [1.807, 2.05) is 0 Å². The Balaban J connectivity index is 2.27. The zero-order valence-corrected chi connectivity index (χ0v) is 9.76. The summed E-state index contributed by atoms with van der Waals surface area (Å²) < 4.78 is 32.5. The lowest BCUT2D eigenvalue weighted by molar-refractivity contribution is -0.234. The van der Waals surface area contributed by atoms with Crippen molar-refractivity contribution in [2.24, 2.45) is 0 Å². The molecule has 2 aliphatic rings. The fourth-order valence-electron chi connectivity index (χ4n) is 2.84. The lowest BCUT2D eigenvalue weighted by Gasteiger charge is -2.50. The number of halogens is 2. The first-order valence-corrected chi connectivity index (χ1v) is 5.92. The fourth-order valence-corrected chi connectivity index (χ4v) is 2.84. The normalized spacial score (nSPS) is 31.3. The number of hydrogen-bond acceptors (Lipinski definition) is 4. The van der Waals surface area contributed by atoms with Crippen molar-refractivity contribution in [1.82, 2.24) is 5.32 Å². The third-order valence-electron chi connectivity index (χ3n) is 4.00. The molecule has 17 heavy (non-hydrogen) atoms. The topological polar surface area (TPSA) is 58.6 Å². The Hall–Kier alpha value is -0.750. The van der Waals surface area contributed by atoms with Gasteiger partial charge in [0.1, 0.15) is 0 Å². The summed E-state index contributed by atoms with van der Waals surface area (Å²) in [7, 11) is 0. The van der Waals surface area contributed by atoms with Crippen LogP contribution in [-0.4, -0.2) is 41.3 Å². The maximum absolute atomic E-state index is 14.0. The molecular weight excluding hydrogens is 232 g/mol. The summed E-state index contributed by atoms with van der Waals surface area (Å²) in [6.45, 7) is 1.64. The number of carbonyl (C=O) groups excluding carboxylic acids is 1. The summed E-state index contributed by atoms with van der Waals surface area (Å²) in [5.41, 5.74) is -3.33. The second kappa shape index (κ2) is 3.88. The second-order valence-electron chi connectivity index (χ2n) is 4.77. The molecule has 4 nitrogen and oxygen atoms in total. The minimum Gasteiger partial charge on any atom is -0.461 e. The zero-order valence-electron chi connectivity index (χ0n) is 9.76. The Morgan fingerprint density at radius 3 is 2.59 bits per heavy atom. The number of carbonyl (C=O) groups is 1. The second-order valence-corrected chi connectivity index (χ2v) is 4.77. The van der Waals surface area contributed by atoms with Crippen molar-refractivity contribution < 1.29 is 23.4 Å². The minimum absolute atomic E-state index is 0.120. The summed E-state index contributed by atoms with van der Waals surface area (Å²) in [6, 6.07) is 0. The molecule has 0 amide bonds. The molecule has 6 heteroatoms. The van der Waals surface area contributed by atoms with E-state index < -0.39 is 23.0 Å². The summed E-state index contributed by atoms with van der Waals surface area (Å²) >= 11 is 0. The number of ether oxygens (including phenoxy) is 1. The minimum atomic E-state index is -3.85. The van der Waals surface area contributed by atoms with Gasteiger partial charge in [-0.15, -0.1) is 0 Å².